The van der Waals surface area contributed by atoms with Crippen LogP contribution in [-0.4, -0.2) is 5.71 Å². The third-order valence-electron chi connectivity index (χ3n) is 10.5. The summed E-state index contributed by atoms with van der Waals surface area (Å²) in [5.74, 6) is 0. The van der Waals surface area contributed by atoms with Gasteiger partial charge < -0.3 is 16.0 Å². The van der Waals surface area contributed by atoms with E-state index in [0.717, 1.165) is 89.7 Å². The fourth-order valence-electron chi connectivity index (χ4n) is 7.51. The lowest BCUT2D eigenvalue weighted by Gasteiger charge is -2.26. The first kappa shape index (κ1) is 36.0. The molecule has 0 saturated heterocycles. The Bertz CT molecular complexity index is 2770. The largest absolute Gasteiger partial charge is 0.362 e. The highest BCUT2D eigenvalue weighted by Gasteiger charge is 2.22. The van der Waals surface area contributed by atoms with Gasteiger partial charge >= 0.3 is 0 Å². The molecule has 1 unspecified atom stereocenters. The van der Waals surface area contributed by atoms with Crippen molar-refractivity contribution in [2.75, 3.05) is 16.0 Å². The van der Waals surface area contributed by atoms with E-state index in [1.807, 2.05) is 30.5 Å². The summed E-state index contributed by atoms with van der Waals surface area (Å²) in [4.78, 5) is 5.19. The number of aliphatic imine (C=N–C) groups is 1. The molecular weight excluding hydrogens is 705 g/mol. The van der Waals surface area contributed by atoms with Gasteiger partial charge in [0.25, 0.3) is 0 Å². The zero-order valence-corrected chi connectivity index (χ0v) is 32.0. The summed E-state index contributed by atoms with van der Waals surface area (Å²) in [5, 5.41) is 10.7. The van der Waals surface area contributed by atoms with Crippen LogP contribution >= 0.6 is 0 Å². The Hall–Kier alpha value is -7.69. The molecule has 0 radical (unpaired) electrons. The number of nitrogens with zero attached hydrogens (tertiary/aromatic N) is 1. The van der Waals surface area contributed by atoms with E-state index in [2.05, 4.69) is 211 Å². The molecule has 278 valence electrons. The van der Waals surface area contributed by atoms with Gasteiger partial charge in [-0.3, -0.25) is 4.99 Å². The van der Waals surface area contributed by atoms with Gasteiger partial charge in [0, 0.05) is 45.6 Å². The standard InChI is InChI=1S/C54H42N4/c1-38(48-25-9-8-16-39(48)34-35-55-46-23-6-3-7-24-46)42-19-14-20-43(36-42)44-21-15-22-45(37-44)49-26-10-12-28-51(49)56-47-32-30-41(31-33-47)54-57-52-29-13-11-27-50(52)53(58-54)40-17-4-2-5-18-40/h2-37,54-57H,1H2/b35-34-. The summed E-state index contributed by atoms with van der Waals surface area (Å²) in [6.45, 7) is 4.56. The molecule has 0 aromatic heterocycles. The van der Waals surface area contributed by atoms with E-state index in [-0.39, 0.29) is 6.17 Å². The lowest BCUT2D eigenvalue weighted by molar-refractivity contribution is 0.828. The normalized spacial score (nSPS) is 13.2. The van der Waals surface area contributed by atoms with Crippen molar-refractivity contribution in [1.82, 2.24) is 0 Å². The van der Waals surface area contributed by atoms with Gasteiger partial charge in [-0.2, -0.15) is 0 Å². The maximum atomic E-state index is 5.19. The Morgan fingerprint density at radius 1 is 0.534 bits per heavy atom. The van der Waals surface area contributed by atoms with Crippen molar-refractivity contribution >= 4 is 40.1 Å². The quantitative estimate of drug-likeness (QED) is 0.124. The van der Waals surface area contributed by atoms with Crippen molar-refractivity contribution in [3.8, 4) is 22.3 Å². The monoisotopic (exact) mass is 746 g/mol. The summed E-state index contributed by atoms with van der Waals surface area (Å²) in [7, 11) is 0. The van der Waals surface area contributed by atoms with Gasteiger partial charge in [-0.15, -0.1) is 0 Å². The number of nitrogens with one attached hydrogen (secondary N) is 3. The van der Waals surface area contributed by atoms with E-state index in [9.17, 15) is 0 Å². The molecule has 3 N–H and O–H groups in total. The third kappa shape index (κ3) is 7.86. The summed E-state index contributed by atoms with van der Waals surface area (Å²) >= 11 is 0. The molecule has 9 rings (SSSR count). The molecule has 0 fully saturated rings. The van der Waals surface area contributed by atoms with Crippen LogP contribution in [0.1, 0.15) is 39.5 Å². The molecule has 0 amide bonds. The Balaban J connectivity index is 0.937. The molecule has 8 aromatic carbocycles. The van der Waals surface area contributed by atoms with Crippen LogP contribution in [0.4, 0.5) is 22.7 Å². The van der Waals surface area contributed by atoms with Gasteiger partial charge in [-0.05, 0) is 99.1 Å². The molecule has 1 aliphatic heterocycles. The van der Waals surface area contributed by atoms with Crippen molar-refractivity contribution in [2.45, 2.75) is 6.17 Å². The van der Waals surface area contributed by atoms with E-state index in [1.165, 1.54) is 0 Å². The second kappa shape index (κ2) is 16.6. The van der Waals surface area contributed by atoms with Crippen LogP contribution in [0.5, 0.6) is 0 Å². The van der Waals surface area contributed by atoms with Gasteiger partial charge in [0.05, 0.1) is 5.71 Å². The van der Waals surface area contributed by atoms with E-state index < -0.39 is 0 Å². The Morgan fingerprint density at radius 3 is 2.00 bits per heavy atom. The first-order valence-corrected chi connectivity index (χ1v) is 19.6. The second-order valence-corrected chi connectivity index (χ2v) is 14.3. The van der Waals surface area contributed by atoms with Crippen LogP contribution in [0.2, 0.25) is 0 Å². The topological polar surface area (TPSA) is 48.5 Å². The third-order valence-corrected chi connectivity index (χ3v) is 10.5. The molecule has 0 spiro atoms. The van der Waals surface area contributed by atoms with E-state index in [0.29, 0.717) is 0 Å². The first-order valence-electron chi connectivity index (χ1n) is 19.6. The zero-order valence-electron chi connectivity index (χ0n) is 32.0. The van der Waals surface area contributed by atoms with E-state index in [1.54, 1.807) is 0 Å². The fraction of sp³-hybridized carbons (Fsp3) is 0.0185. The maximum Gasteiger partial charge on any atom is 0.145 e. The summed E-state index contributed by atoms with van der Waals surface area (Å²) in [5.41, 5.74) is 17.3. The van der Waals surface area contributed by atoms with E-state index >= 15 is 0 Å². The van der Waals surface area contributed by atoms with Gasteiger partial charge in [0.15, 0.2) is 0 Å². The molecule has 4 nitrogen and oxygen atoms in total. The van der Waals surface area contributed by atoms with Gasteiger partial charge in [-0.1, -0.05) is 164 Å². The Labute approximate surface area is 340 Å². The summed E-state index contributed by atoms with van der Waals surface area (Å²) in [6.07, 6.45) is 3.89. The highest BCUT2D eigenvalue weighted by molar-refractivity contribution is 6.17. The lowest BCUT2D eigenvalue weighted by atomic mass is 9.92. The van der Waals surface area contributed by atoms with Crippen LogP contribution in [0.3, 0.4) is 0 Å². The number of anilines is 4. The predicted molar refractivity (Wildman–Crippen MR) is 246 cm³/mol. The number of hydrogen-bond acceptors (Lipinski definition) is 4. The van der Waals surface area contributed by atoms with Crippen molar-refractivity contribution in [2.24, 2.45) is 4.99 Å². The molecule has 8 aromatic rings. The van der Waals surface area contributed by atoms with Gasteiger partial charge in [0.2, 0.25) is 0 Å². The Morgan fingerprint density at radius 2 is 1.17 bits per heavy atom. The maximum absolute atomic E-state index is 5.19. The SMILES string of the molecule is C=C(c1cccc(-c2cccc(-c3ccccc3Nc3ccc(C4N=C(c5ccccc5)c5ccccc5N4)cc3)c2)c1)c1ccccc1/C=C\Nc1ccccc1. The van der Waals surface area contributed by atoms with Crippen LogP contribution in [-0.2, 0) is 0 Å². The average molecular weight is 747 g/mol. The minimum atomic E-state index is -0.196. The lowest BCUT2D eigenvalue weighted by Crippen LogP contribution is -2.20. The molecule has 0 bridgehead atoms. The molecular formula is C54H42N4. The Kier molecular flexibility index (Phi) is 10.3. The average Bonchev–Trinajstić information content (AvgIpc) is 3.30. The number of rotatable bonds is 11. The molecule has 0 aliphatic carbocycles. The van der Waals surface area contributed by atoms with Crippen molar-refractivity contribution < 1.29 is 0 Å². The van der Waals surface area contributed by atoms with Gasteiger partial charge in [0.1, 0.15) is 6.17 Å². The molecule has 0 saturated carbocycles. The minimum Gasteiger partial charge on any atom is -0.362 e. The molecule has 4 heteroatoms. The highest BCUT2D eigenvalue weighted by Crippen LogP contribution is 2.36. The molecule has 1 aliphatic rings. The smallest absolute Gasteiger partial charge is 0.145 e. The van der Waals surface area contributed by atoms with Crippen LogP contribution in [0.15, 0.2) is 224 Å². The number of fused-ring (bicyclic) bond motifs is 1. The number of benzene rings is 8. The number of hydrogen-bond donors (Lipinski definition) is 3. The van der Waals surface area contributed by atoms with Gasteiger partial charge in [-0.25, -0.2) is 0 Å². The molecule has 1 atom stereocenters. The first-order chi connectivity index (χ1) is 28.7. The van der Waals surface area contributed by atoms with Crippen LogP contribution in [0, 0.1) is 0 Å². The van der Waals surface area contributed by atoms with Crippen LogP contribution < -0.4 is 16.0 Å². The highest BCUT2D eigenvalue weighted by atomic mass is 15.1. The number of para-hydroxylation sites is 3. The summed E-state index contributed by atoms with van der Waals surface area (Å²) in [6, 6.07) is 71.8. The predicted octanol–water partition coefficient (Wildman–Crippen LogP) is 13.9. The van der Waals surface area contributed by atoms with Crippen molar-refractivity contribution in [3.05, 3.63) is 252 Å². The van der Waals surface area contributed by atoms with Crippen molar-refractivity contribution in [3.63, 3.8) is 0 Å². The summed E-state index contributed by atoms with van der Waals surface area (Å²) < 4.78 is 0. The fourth-order valence-corrected chi connectivity index (χ4v) is 7.51. The van der Waals surface area contributed by atoms with Crippen LogP contribution in [0.25, 0.3) is 33.9 Å². The van der Waals surface area contributed by atoms with Crippen molar-refractivity contribution in [1.29, 1.82) is 0 Å². The minimum absolute atomic E-state index is 0.196. The van der Waals surface area contributed by atoms with E-state index in [4.69, 9.17) is 4.99 Å². The second-order valence-electron chi connectivity index (χ2n) is 14.3. The molecule has 58 heavy (non-hydrogen) atoms. The zero-order chi connectivity index (χ0) is 39.1. The molecule has 1 heterocycles.